The van der Waals surface area contributed by atoms with Gasteiger partial charge in [-0.1, -0.05) is 68.4 Å². The summed E-state index contributed by atoms with van der Waals surface area (Å²) in [5.74, 6) is -4.87. The molecule has 2 amide bonds. The summed E-state index contributed by atoms with van der Waals surface area (Å²) < 4.78 is 95.5. The van der Waals surface area contributed by atoms with E-state index >= 15 is 13.2 Å². The Morgan fingerprint density at radius 2 is 1.38 bits per heavy atom. The predicted octanol–water partition coefficient (Wildman–Crippen LogP) is 12.3. The van der Waals surface area contributed by atoms with E-state index in [1.807, 2.05) is 0 Å². The average molecular weight is 1280 g/mol. The smallest absolute Gasteiger partial charge is 0.418 e. The molecule has 4 fully saturated rings. The van der Waals surface area contributed by atoms with E-state index < -0.39 is 87.9 Å². The van der Waals surface area contributed by atoms with Crippen LogP contribution in [0.3, 0.4) is 0 Å². The molecule has 2 aromatic heterocycles. The number of rotatable bonds is 13. The summed E-state index contributed by atoms with van der Waals surface area (Å²) >= 11 is 2.09. The van der Waals surface area contributed by atoms with Crippen molar-refractivity contribution in [3.8, 4) is 0 Å². The number of nitrogens with zero attached hydrogens (tertiary/aromatic N) is 10. The molecule has 464 valence electrons. The van der Waals surface area contributed by atoms with Gasteiger partial charge in [-0.2, -0.15) is 0 Å². The van der Waals surface area contributed by atoms with Gasteiger partial charge in [0.15, 0.2) is 22.0 Å². The number of fused-ring (bicyclic) bond motifs is 2. The lowest BCUT2D eigenvalue weighted by Crippen LogP contribution is -2.47. The number of carboxylic acid groups (broad SMARTS) is 1. The van der Waals surface area contributed by atoms with E-state index in [4.69, 9.17) is 33.3 Å². The molecule has 0 unspecified atom stereocenters. The second-order valence-electron chi connectivity index (χ2n) is 24.1. The van der Waals surface area contributed by atoms with E-state index in [1.165, 1.54) is 58.5 Å². The number of hydrogen-bond donors (Lipinski definition) is 3. The molecule has 4 aliphatic heterocycles. The van der Waals surface area contributed by atoms with Gasteiger partial charge >= 0.3 is 12.1 Å². The van der Waals surface area contributed by atoms with Gasteiger partial charge in [0.25, 0.3) is 11.6 Å². The molecule has 6 heterocycles. The number of carbonyl (C=O) groups is 3. The van der Waals surface area contributed by atoms with Gasteiger partial charge in [-0.05, 0) is 120 Å². The van der Waals surface area contributed by atoms with Gasteiger partial charge in [-0.3, -0.25) is 29.5 Å². The first-order valence-electron chi connectivity index (χ1n) is 27.6. The topological polar surface area (TPSA) is 219 Å². The van der Waals surface area contributed by atoms with Gasteiger partial charge in [-0.15, -0.1) is 22.4 Å². The largest absolute Gasteiger partial charge is 0.480 e. The second kappa shape index (κ2) is 26.8. The number of thioether (sulfide) groups is 2. The lowest BCUT2D eigenvalue weighted by molar-refractivity contribution is -0.137. The first-order valence-corrected chi connectivity index (χ1v) is 33.0. The number of aromatic nitrogens is 4. The van der Waals surface area contributed by atoms with Gasteiger partial charge in [0.2, 0.25) is 5.91 Å². The molecule has 4 aromatic rings. The molecule has 10 rings (SSSR count). The fourth-order valence-electron chi connectivity index (χ4n) is 10.5. The second-order valence-corrected chi connectivity index (χ2v) is 32.4. The number of aliphatic imine (C=N–C) groups is 2. The van der Waals surface area contributed by atoms with Crippen molar-refractivity contribution in [1.29, 1.82) is 0 Å². The molecule has 0 radical (unpaired) electrons. The SMILES string of the molecule is Cl.F[C@@H]1CCNC1.[C-]#[N+]c1cnc(/C(F)=C/c2ccc(F)c([C@@]3(C)N=C(N(COCC[Si](C)(C)C)C(=O)OC(C)(C)C)S[C@@]4(C(=O)O)C[C@H]43)c2)cn1.[C-]#[N+]c1cnc(/C(F)=C/c2ccc(F)c([C@@]3(C)N=C(N)S[C@@]4(C(=O)N5CC[C@H](F)C5)C[C@H]43)c2)cn1. The number of hydrogen-bond acceptors (Lipinski definition) is 15. The highest BCUT2D eigenvalue weighted by atomic mass is 35.5. The monoisotopic (exact) mass is 1280 g/mol. The van der Waals surface area contributed by atoms with Crippen LogP contribution < -0.4 is 11.1 Å². The summed E-state index contributed by atoms with van der Waals surface area (Å²) in [5.41, 5.74) is 3.39. The van der Waals surface area contributed by atoms with E-state index in [2.05, 4.69) is 59.6 Å². The zero-order valence-corrected chi connectivity index (χ0v) is 52.5. The third-order valence-electron chi connectivity index (χ3n) is 15.3. The highest BCUT2D eigenvalue weighted by Gasteiger charge is 2.73. The molecule has 8 atom stereocenters. The van der Waals surface area contributed by atoms with E-state index in [-0.39, 0.29) is 94.0 Å². The van der Waals surface area contributed by atoms with Crippen molar-refractivity contribution in [1.82, 2.24) is 35.1 Å². The van der Waals surface area contributed by atoms with Crippen LogP contribution in [0.5, 0.6) is 0 Å². The summed E-state index contributed by atoms with van der Waals surface area (Å²) in [5, 5.41) is 13.4. The Morgan fingerprint density at radius 3 is 1.82 bits per heavy atom. The maximum atomic E-state index is 15.6. The molecule has 2 saturated heterocycles. The number of nitrogens with two attached hydrogens (primary N) is 1. The molecular formula is C59H67ClF6N12O6S2Si. The number of likely N-dealkylation sites (tertiary alicyclic amines) is 1. The van der Waals surface area contributed by atoms with Crippen molar-refractivity contribution < 1.29 is 55.3 Å². The van der Waals surface area contributed by atoms with Crippen LogP contribution in [0, 0.1) is 36.6 Å². The Morgan fingerprint density at radius 1 is 0.839 bits per heavy atom. The minimum absolute atomic E-state index is 0. The third-order valence-corrected chi connectivity index (χ3v) is 19.7. The quantitative estimate of drug-likeness (QED) is 0.0373. The summed E-state index contributed by atoms with van der Waals surface area (Å²) in [6.07, 6.45) is 6.16. The van der Waals surface area contributed by atoms with E-state index in [9.17, 15) is 32.7 Å². The molecule has 87 heavy (non-hydrogen) atoms. The molecule has 2 aliphatic carbocycles. The zero-order chi connectivity index (χ0) is 62.7. The zero-order valence-electron chi connectivity index (χ0n) is 49.0. The fraction of sp³-hybridized carbons (Fsp3) is 0.475. The fourth-order valence-corrected chi connectivity index (χ4v) is 14.2. The first kappa shape index (κ1) is 67.6. The molecule has 2 aromatic carbocycles. The number of nitrogens with one attached hydrogen (secondary N) is 1. The molecule has 28 heteroatoms. The summed E-state index contributed by atoms with van der Waals surface area (Å²) in [4.78, 5) is 73.2. The summed E-state index contributed by atoms with van der Waals surface area (Å²) in [6, 6.07) is 8.93. The Bertz CT molecular complexity index is 3470. The van der Waals surface area contributed by atoms with E-state index in [0.29, 0.717) is 44.5 Å². The molecule has 6 aliphatic rings. The van der Waals surface area contributed by atoms with Crippen LogP contribution in [0.2, 0.25) is 25.7 Å². The van der Waals surface area contributed by atoms with Crippen LogP contribution in [-0.4, -0.2) is 138 Å². The standard InChI is InChI=1S/C31H37F2N5O5SSi.C24H21F3N6OS.C4H8FN.ClH/c1-29(2,3)43-28(41)38(18-42-11-12-45(6,7)8)27-37-30(4,24-15-31(24,44-27)26(39)40)20-13-19(9-10-21(20)32)14-22(33)23-16-36-25(34-5)17-35-23;1-23(19-9-24(19,35-22(28)32-23)21(34)33-6-5-14(25)12-33)15-7-13(3-4-16(15)26)8-17(27)18-10-31-20(29-2)11-30-18;5-4-1-2-6-3-4;/h9-10,13-14,16-17,24H,11-12,15,18H2,1-4,6-8H3,(H,39,40);3-4,7-8,10-11,14,19H,5-6,9,12H2,1H3,(H2,28,32);4,6H,1-3H2;1H/b22-14-;17-8-;;/t24-,30+,31-;14-,19-,23+,24-;4-;/m001./s1. The summed E-state index contributed by atoms with van der Waals surface area (Å²) in [7, 11) is -1.45. The van der Waals surface area contributed by atoms with E-state index in [0.717, 1.165) is 60.8 Å². The number of carbonyl (C=O) groups excluding carboxylic acids is 2. The Balaban J connectivity index is 0.000000229. The Kier molecular flexibility index (Phi) is 20.9. The van der Waals surface area contributed by atoms with Crippen LogP contribution in [0.25, 0.3) is 33.5 Å². The van der Waals surface area contributed by atoms with Crippen molar-refractivity contribution in [2.75, 3.05) is 39.5 Å². The molecule has 18 nitrogen and oxygen atoms in total. The molecular weight excluding hydrogens is 1210 g/mol. The molecule has 0 spiro atoms. The van der Waals surface area contributed by atoms with Gasteiger partial charge in [-0.25, -0.2) is 36.0 Å². The number of aliphatic carboxylic acids is 1. The van der Waals surface area contributed by atoms with Gasteiger partial charge in [0.1, 0.15) is 69.6 Å². The molecule has 2 saturated carbocycles. The van der Waals surface area contributed by atoms with Crippen molar-refractivity contribution in [3.63, 3.8) is 0 Å². The van der Waals surface area contributed by atoms with Crippen LogP contribution in [0.4, 0.5) is 42.8 Å². The van der Waals surface area contributed by atoms with Crippen molar-refractivity contribution in [2.45, 2.75) is 125 Å². The van der Waals surface area contributed by atoms with Crippen molar-refractivity contribution in [2.24, 2.45) is 27.6 Å². The Labute approximate surface area is 516 Å². The lowest BCUT2D eigenvalue weighted by Gasteiger charge is -2.37. The molecule has 0 bridgehead atoms. The van der Waals surface area contributed by atoms with Crippen molar-refractivity contribution >= 4 is 108 Å². The normalized spacial score (nSPS) is 26.3. The average Bonchev–Trinajstić information content (AvgIpc) is 1.54. The lowest BCUT2D eigenvalue weighted by atomic mass is 9.84. The number of amidine groups is 2. The van der Waals surface area contributed by atoms with Gasteiger partial charge < -0.3 is 40.2 Å². The third kappa shape index (κ3) is 15.5. The highest BCUT2D eigenvalue weighted by Crippen LogP contribution is 2.68. The van der Waals surface area contributed by atoms with Crippen molar-refractivity contribution in [3.05, 3.63) is 129 Å². The first-order chi connectivity index (χ1) is 40.4. The van der Waals surface area contributed by atoms with E-state index in [1.54, 1.807) is 34.6 Å². The number of carboxylic acids is 1. The van der Waals surface area contributed by atoms with Crippen LogP contribution in [0.15, 0.2) is 71.2 Å². The maximum absolute atomic E-state index is 15.6. The predicted molar refractivity (Wildman–Crippen MR) is 328 cm³/mol. The minimum Gasteiger partial charge on any atom is -0.480 e. The highest BCUT2D eigenvalue weighted by molar-refractivity contribution is 8.16. The number of amides is 2. The van der Waals surface area contributed by atoms with Crippen LogP contribution in [-0.2, 0) is 30.1 Å². The maximum Gasteiger partial charge on any atom is 0.418 e. The summed E-state index contributed by atoms with van der Waals surface area (Å²) in [6.45, 7) is 30.9. The minimum atomic E-state index is -1.45. The number of alkyl halides is 2. The number of benzene rings is 2. The van der Waals surface area contributed by atoms with Gasteiger partial charge in [0.05, 0.1) is 30.0 Å². The van der Waals surface area contributed by atoms with Gasteiger partial charge in [0, 0.05) is 50.7 Å². The van der Waals surface area contributed by atoms with Crippen LogP contribution >= 0.6 is 35.9 Å². The Hall–Kier alpha value is -6.88. The number of ether oxygens (including phenoxy) is 2. The number of halogens is 7. The molecule has 4 N–H and O–H groups in total. The van der Waals surface area contributed by atoms with Crippen LogP contribution in [0.1, 0.15) is 93.9 Å².